The lowest BCUT2D eigenvalue weighted by molar-refractivity contribution is 1.78. The van der Waals surface area contributed by atoms with E-state index in [9.17, 15) is 0 Å². The van der Waals surface area contributed by atoms with Crippen LogP contribution in [0.5, 0.6) is 0 Å². The molecule has 45 aromatic carbocycles. The SMILES string of the molecule is c1cc2ccc1c1ccc(cc1)c1ccc(cc1)c1ccc(cc1)c1ccc(cc1)c1ccc(cc1)c1ccc(cc1)c1ccc3cc(ccc3c1)c1ccc(cc1)c1ccc(cc1)c1ccc(cc1)c1ccc(cc1)c1ccc(cc1)c1ccc2cc1. The second-order valence-corrected chi connectivity index (χ2v) is 23.3. The summed E-state index contributed by atoms with van der Waals surface area (Å²) in [6, 6.07) is 130. The minimum Gasteiger partial charge on any atom is -0.0538 e. The second kappa shape index (κ2) is 22.5. The molecular weight excluding hydrogens is 1060 g/mol. The Bertz CT molecular complexity index is 5360. The summed E-state index contributed by atoms with van der Waals surface area (Å²) in [6.07, 6.45) is 0. The summed E-state index contributed by atoms with van der Waals surface area (Å²) in [4.78, 5) is 0. The van der Waals surface area contributed by atoms with Gasteiger partial charge in [0.2, 0.25) is 0 Å². The third kappa shape index (κ3) is 10.4. The number of benzene rings is 15. The van der Waals surface area contributed by atoms with Gasteiger partial charge in [-0.1, -0.05) is 340 Å². The molecular formula is C88H58. The Balaban J connectivity index is 0.732. The van der Waals surface area contributed by atoms with Crippen LogP contribution >= 0.6 is 0 Å². The van der Waals surface area contributed by atoms with E-state index in [0.717, 1.165) is 0 Å². The van der Waals surface area contributed by atoms with E-state index in [1.807, 2.05) is 0 Å². The van der Waals surface area contributed by atoms with Crippen LogP contribution < -0.4 is 0 Å². The monoisotopic (exact) mass is 1110 g/mol. The van der Waals surface area contributed by atoms with Crippen LogP contribution in [0.3, 0.4) is 0 Å². The summed E-state index contributed by atoms with van der Waals surface area (Å²) in [5.74, 6) is 0. The van der Waals surface area contributed by atoms with Gasteiger partial charge in [-0.15, -0.1) is 0 Å². The number of hydrogen-bond donors (Lipinski definition) is 0. The van der Waals surface area contributed by atoms with Gasteiger partial charge in [-0.3, -0.25) is 0 Å². The first-order chi connectivity index (χ1) is 43.5. The molecule has 0 amide bonds. The van der Waals surface area contributed by atoms with E-state index in [4.69, 9.17) is 0 Å². The first-order valence-electron chi connectivity index (χ1n) is 30.4. The maximum Gasteiger partial charge on any atom is -0.0177 e. The molecule has 0 nitrogen and oxygen atoms in total. The summed E-state index contributed by atoms with van der Waals surface area (Å²) in [7, 11) is 0. The molecule has 30 bridgehead atoms. The molecule has 45 rings (SSSR count). The molecule has 410 valence electrons. The molecule has 88 heavy (non-hydrogen) atoms. The molecule has 0 N–H and O–H groups in total. The largest absolute Gasteiger partial charge is 0.0538 e. The highest BCUT2D eigenvalue weighted by molar-refractivity contribution is 6.02. The maximum absolute atomic E-state index is 2.31. The topological polar surface area (TPSA) is 0 Å². The molecule has 0 saturated carbocycles. The van der Waals surface area contributed by atoms with Gasteiger partial charge in [0.05, 0.1) is 0 Å². The molecule has 0 aliphatic rings. The maximum atomic E-state index is 2.31. The van der Waals surface area contributed by atoms with Gasteiger partial charge in [-0.25, -0.2) is 0 Å². The normalized spacial score (nSPS) is 11.4. The van der Waals surface area contributed by atoms with Crippen LogP contribution in [-0.2, 0) is 0 Å². The van der Waals surface area contributed by atoms with E-state index in [0.29, 0.717) is 0 Å². The molecule has 0 saturated heterocycles. The van der Waals surface area contributed by atoms with Crippen molar-refractivity contribution in [3.05, 3.63) is 352 Å². The molecule has 45 aromatic rings. The second-order valence-electron chi connectivity index (χ2n) is 23.3. The Morgan fingerprint density at radius 1 is 0.0568 bits per heavy atom. The molecule has 0 aromatic heterocycles. The Kier molecular flexibility index (Phi) is 13.3. The smallest absolute Gasteiger partial charge is 0.0177 e. The van der Waals surface area contributed by atoms with Crippen LogP contribution in [0.1, 0.15) is 0 Å². The van der Waals surface area contributed by atoms with Crippen molar-refractivity contribution >= 4 is 162 Å². The third-order valence-corrected chi connectivity index (χ3v) is 18.0. The van der Waals surface area contributed by atoms with Crippen molar-refractivity contribution < 1.29 is 0 Å². The molecule has 0 atom stereocenters. The van der Waals surface area contributed by atoms with Crippen LogP contribution in [0.25, 0.3) is 162 Å². The molecule has 0 radical (unpaired) electrons. The van der Waals surface area contributed by atoms with E-state index >= 15 is 0 Å². The van der Waals surface area contributed by atoms with Gasteiger partial charge in [-0.05, 0) is 174 Å². The lowest BCUT2D eigenvalue weighted by Crippen LogP contribution is -1.76. The lowest BCUT2D eigenvalue weighted by Gasteiger charge is -2.02. The van der Waals surface area contributed by atoms with Crippen molar-refractivity contribution in [2.24, 2.45) is 0 Å². The number of rotatable bonds is 0. The fourth-order valence-electron chi connectivity index (χ4n) is 12.7. The van der Waals surface area contributed by atoms with Gasteiger partial charge < -0.3 is 0 Å². The standard InChI is InChI=1S/C88H58/c1-2-60-4-3-59(1)61-5-9-63(10-6-61)65-13-17-67(18-14-65)69-21-25-71(26-22-69)73-29-33-75(34-30-73)77-37-41-79(42-38-77)81-45-49-83(50-46-81)85-53-55-88-58-86(54-56-87(88)57-85)84-51-47-82(48-52-84)80-43-39-78(40-44-80)76-35-31-74(32-36-76)72-27-23-70(24-28-72)68-19-15-66(16-20-68)64-11-7-62(60)8-12-64/h1-58H. The van der Waals surface area contributed by atoms with Crippen LogP contribution in [0.2, 0.25) is 0 Å². The van der Waals surface area contributed by atoms with Crippen LogP contribution in [0.4, 0.5) is 0 Å². The van der Waals surface area contributed by atoms with E-state index in [1.54, 1.807) is 0 Å². The first kappa shape index (κ1) is 52.1. The molecule has 0 aliphatic carbocycles. The highest BCUT2D eigenvalue weighted by Crippen LogP contribution is 2.29. The quantitative estimate of drug-likeness (QED) is 0.142. The highest BCUT2D eigenvalue weighted by atomic mass is 14.1. The minimum atomic E-state index is 1.20. The van der Waals surface area contributed by atoms with Crippen molar-refractivity contribution in [2.75, 3.05) is 0 Å². The van der Waals surface area contributed by atoms with Crippen LogP contribution in [-0.4, -0.2) is 0 Å². The summed E-state index contributed by atoms with van der Waals surface area (Å²) in [5, 5.41) is 36.2. The van der Waals surface area contributed by atoms with Gasteiger partial charge in [0.25, 0.3) is 0 Å². The third-order valence-electron chi connectivity index (χ3n) is 18.0. The summed E-state index contributed by atoms with van der Waals surface area (Å²) < 4.78 is 0. The van der Waals surface area contributed by atoms with Crippen LogP contribution in [0.15, 0.2) is 352 Å². The fourth-order valence-corrected chi connectivity index (χ4v) is 12.7. The van der Waals surface area contributed by atoms with Crippen molar-refractivity contribution in [3.8, 4) is 0 Å². The predicted octanol–water partition coefficient (Wildman–Crippen LogP) is 25.2. The Morgan fingerprint density at radius 2 is 0.102 bits per heavy atom. The Labute approximate surface area is 510 Å². The van der Waals surface area contributed by atoms with E-state index < -0.39 is 0 Å². The fraction of sp³-hybridized carbons (Fsp3) is 0. The van der Waals surface area contributed by atoms with Gasteiger partial charge in [0, 0.05) is 0 Å². The molecule has 0 heterocycles. The molecule has 0 spiro atoms. The Morgan fingerprint density at radius 3 is 0.182 bits per heavy atom. The van der Waals surface area contributed by atoms with E-state index in [2.05, 4.69) is 352 Å². The predicted molar refractivity (Wildman–Crippen MR) is 386 cm³/mol. The van der Waals surface area contributed by atoms with Crippen LogP contribution in [0, 0.1) is 0 Å². The molecule has 0 heteroatoms. The van der Waals surface area contributed by atoms with Gasteiger partial charge >= 0.3 is 0 Å². The Hall–Kier alpha value is -11.4. The van der Waals surface area contributed by atoms with E-state index in [1.165, 1.54) is 162 Å². The molecule has 0 unspecified atom stereocenters. The van der Waals surface area contributed by atoms with Gasteiger partial charge in [-0.2, -0.15) is 0 Å². The average Bonchev–Trinajstić information content (AvgIpc) is 3.28. The summed E-state index contributed by atoms with van der Waals surface area (Å²) in [6.45, 7) is 0. The van der Waals surface area contributed by atoms with Crippen molar-refractivity contribution in [2.45, 2.75) is 0 Å². The molecule has 0 fully saturated rings. The molecule has 0 aliphatic heterocycles. The highest BCUT2D eigenvalue weighted by Gasteiger charge is 2.03. The van der Waals surface area contributed by atoms with Gasteiger partial charge in [0.15, 0.2) is 0 Å². The van der Waals surface area contributed by atoms with Crippen molar-refractivity contribution in [3.63, 3.8) is 0 Å². The zero-order valence-electron chi connectivity index (χ0n) is 48.5. The number of hydrogen-bond acceptors (Lipinski definition) is 0. The average molecular weight is 1120 g/mol. The lowest BCUT2D eigenvalue weighted by atomic mass is 10.0. The van der Waals surface area contributed by atoms with Crippen molar-refractivity contribution in [1.29, 1.82) is 0 Å². The zero-order valence-corrected chi connectivity index (χ0v) is 48.5. The summed E-state index contributed by atoms with van der Waals surface area (Å²) >= 11 is 0. The first-order valence-corrected chi connectivity index (χ1v) is 30.4. The minimum absolute atomic E-state index is 1.20. The van der Waals surface area contributed by atoms with E-state index in [-0.39, 0.29) is 0 Å². The van der Waals surface area contributed by atoms with Crippen molar-refractivity contribution in [1.82, 2.24) is 0 Å². The van der Waals surface area contributed by atoms with Gasteiger partial charge in [0.1, 0.15) is 0 Å². The zero-order chi connectivity index (χ0) is 58.3. The summed E-state index contributed by atoms with van der Waals surface area (Å²) in [5.41, 5.74) is 0.